The molecular weight excluding hydrogens is 203 g/mol. The van der Waals surface area contributed by atoms with Gasteiger partial charge >= 0.3 is 0 Å². The molecule has 0 unspecified atom stereocenters. The average Bonchev–Trinajstić information content (AvgIpc) is 2.79. The Morgan fingerprint density at radius 2 is 1.94 bits per heavy atom. The molecule has 1 saturated heterocycles. The van der Waals surface area contributed by atoms with Crippen molar-refractivity contribution >= 4 is 0 Å². The third-order valence-electron chi connectivity index (χ3n) is 3.08. The Bertz CT molecular complexity index is 321. The van der Waals surface area contributed by atoms with Crippen molar-refractivity contribution in [1.82, 2.24) is 10.2 Å². The molecule has 1 aliphatic heterocycles. The quantitative estimate of drug-likeness (QED) is 0.767. The van der Waals surface area contributed by atoms with Gasteiger partial charge in [0, 0.05) is 25.2 Å². The van der Waals surface area contributed by atoms with Gasteiger partial charge in [0.2, 0.25) is 0 Å². The van der Waals surface area contributed by atoms with Gasteiger partial charge in [-0.3, -0.25) is 0 Å². The van der Waals surface area contributed by atoms with Crippen molar-refractivity contribution in [1.29, 1.82) is 0 Å². The smallest absolute Gasteiger partial charge is 0.127 e. The fraction of sp³-hybridized carbons (Fsp3) is 0.538. The molecule has 1 fully saturated rings. The van der Waals surface area contributed by atoms with E-state index in [1.807, 2.05) is 12.1 Å². The Balaban J connectivity index is 1.66. The van der Waals surface area contributed by atoms with Crippen LogP contribution < -0.4 is 5.32 Å². The van der Waals surface area contributed by atoms with E-state index >= 15 is 0 Å². The second-order valence-corrected chi connectivity index (χ2v) is 4.32. The zero-order valence-electron chi connectivity index (χ0n) is 9.58. The first-order valence-electron chi connectivity index (χ1n) is 6.03. The number of benzene rings is 1. The third-order valence-corrected chi connectivity index (χ3v) is 3.08. The van der Waals surface area contributed by atoms with Crippen molar-refractivity contribution in [2.24, 2.45) is 0 Å². The molecule has 2 rings (SSSR count). The van der Waals surface area contributed by atoms with Gasteiger partial charge in [-0.25, -0.2) is 4.39 Å². The second kappa shape index (κ2) is 5.97. The van der Waals surface area contributed by atoms with Crippen LogP contribution in [-0.2, 0) is 6.54 Å². The van der Waals surface area contributed by atoms with E-state index in [1.54, 1.807) is 6.07 Å². The zero-order valence-corrected chi connectivity index (χ0v) is 9.58. The minimum absolute atomic E-state index is 0.115. The number of hydrogen-bond donors (Lipinski definition) is 1. The first kappa shape index (κ1) is 11.6. The lowest BCUT2D eigenvalue weighted by atomic mass is 10.2. The van der Waals surface area contributed by atoms with Gasteiger partial charge in [0.15, 0.2) is 0 Å². The maximum Gasteiger partial charge on any atom is 0.127 e. The van der Waals surface area contributed by atoms with Crippen molar-refractivity contribution in [3.63, 3.8) is 0 Å². The molecule has 0 saturated carbocycles. The molecule has 0 spiro atoms. The molecule has 0 radical (unpaired) electrons. The van der Waals surface area contributed by atoms with Crippen LogP contribution in [0.15, 0.2) is 24.3 Å². The van der Waals surface area contributed by atoms with Crippen LogP contribution in [0.4, 0.5) is 4.39 Å². The van der Waals surface area contributed by atoms with Gasteiger partial charge in [-0.1, -0.05) is 18.2 Å². The van der Waals surface area contributed by atoms with Gasteiger partial charge < -0.3 is 10.2 Å². The first-order valence-corrected chi connectivity index (χ1v) is 6.03. The normalized spacial score (nSPS) is 16.8. The highest BCUT2D eigenvalue weighted by molar-refractivity contribution is 5.16. The molecule has 1 aromatic carbocycles. The topological polar surface area (TPSA) is 15.3 Å². The average molecular weight is 222 g/mol. The van der Waals surface area contributed by atoms with Gasteiger partial charge in [-0.05, 0) is 32.0 Å². The van der Waals surface area contributed by atoms with E-state index in [-0.39, 0.29) is 5.82 Å². The van der Waals surface area contributed by atoms with E-state index in [9.17, 15) is 4.39 Å². The van der Waals surface area contributed by atoms with Gasteiger partial charge in [0.05, 0.1) is 0 Å². The monoisotopic (exact) mass is 222 g/mol. The Labute approximate surface area is 96.5 Å². The Hall–Kier alpha value is -0.930. The molecule has 0 aromatic heterocycles. The maximum absolute atomic E-state index is 13.3. The Morgan fingerprint density at radius 3 is 2.69 bits per heavy atom. The highest BCUT2D eigenvalue weighted by Gasteiger charge is 2.10. The van der Waals surface area contributed by atoms with Crippen LogP contribution >= 0.6 is 0 Å². The summed E-state index contributed by atoms with van der Waals surface area (Å²) in [4.78, 5) is 2.45. The summed E-state index contributed by atoms with van der Waals surface area (Å²) in [6, 6.07) is 6.94. The third kappa shape index (κ3) is 3.29. The summed E-state index contributed by atoms with van der Waals surface area (Å²) in [6.45, 7) is 5.09. The lowest BCUT2D eigenvalue weighted by molar-refractivity contribution is 0.335. The molecule has 88 valence electrons. The summed E-state index contributed by atoms with van der Waals surface area (Å²) in [6.07, 6.45) is 2.65. The molecule has 16 heavy (non-hydrogen) atoms. The van der Waals surface area contributed by atoms with Crippen LogP contribution in [0.25, 0.3) is 0 Å². The maximum atomic E-state index is 13.3. The lowest BCUT2D eigenvalue weighted by Gasteiger charge is -2.14. The molecule has 0 bridgehead atoms. The fourth-order valence-electron chi connectivity index (χ4n) is 2.11. The Kier molecular flexibility index (Phi) is 4.31. The molecule has 0 aliphatic carbocycles. The molecule has 1 heterocycles. The lowest BCUT2D eigenvalue weighted by Crippen LogP contribution is -2.29. The van der Waals surface area contributed by atoms with E-state index in [0.29, 0.717) is 6.54 Å². The van der Waals surface area contributed by atoms with Crippen LogP contribution in [0.2, 0.25) is 0 Å². The minimum Gasteiger partial charge on any atom is -0.311 e. The van der Waals surface area contributed by atoms with Crippen LogP contribution in [-0.4, -0.2) is 31.1 Å². The molecule has 0 atom stereocenters. The molecule has 1 aliphatic rings. The number of nitrogens with zero attached hydrogens (tertiary/aromatic N) is 1. The number of rotatable bonds is 5. The van der Waals surface area contributed by atoms with Crippen molar-refractivity contribution in [2.45, 2.75) is 19.4 Å². The molecule has 1 N–H and O–H groups in total. The molecular formula is C13H19FN2. The van der Waals surface area contributed by atoms with E-state index in [4.69, 9.17) is 0 Å². The fourth-order valence-corrected chi connectivity index (χ4v) is 2.11. The minimum atomic E-state index is -0.115. The zero-order chi connectivity index (χ0) is 11.2. The summed E-state index contributed by atoms with van der Waals surface area (Å²) in [5.74, 6) is -0.115. The number of nitrogens with one attached hydrogen (secondary N) is 1. The van der Waals surface area contributed by atoms with Gasteiger partial charge in [0.1, 0.15) is 5.82 Å². The first-order chi connectivity index (χ1) is 7.86. The summed E-state index contributed by atoms with van der Waals surface area (Å²) >= 11 is 0. The molecule has 2 nitrogen and oxygen atoms in total. The number of hydrogen-bond acceptors (Lipinski definition) is 2. The van der Waals surface area contributed by atoms with Gasteiger partial charge in [-0.15, -0.1) is 0 Å². The highest BCUT2D eigenvalue weighted by atomic mass is 19.1. The van der Waals surface area contributed by atoms with Crippen molar-refractivity contribution in [2.75, 3.05) is 26.2 Å². The van der Waals surface area contributed by atoms with E-state index in [2.05, 4.69) is 10.2 Å². The van der Waals surface area contributed by atoms with E-state index in [1.165, 1.54) is 32.0 Å². The van der Waals surface area contributed by atoms with E-state index in [0.717, 1.165) is 18.7 Å². The Morgan fingerprint density at radius 1 is 1.19 bits per heavy atom. The van der Waals surface area contributed by atoms with Crippen molar-refractivity contribution in [3.8, 4) is 0 Å². The summed E-state index contributed by atoms with van der Waals surface area (Å²) in [5, 5.41) is 3.29. The predicted molar refractivity (Wildman–Crippen MR) is 63.8 cm³/mol. The van der Waals surface area contributed by atoms with E-state index < -0.39 is 0 Å². The predicted octanol–water partition coefficient (Wildman–Crippen LogP) is 2.01. The summed E-state index contributed by atoms with van der Waals surface area (Å²) < 4.78 is 13.3. The largest absolute Gasteiger partial charge is 0.311 e. The summed E-state index contributed by atoms with van der Waals surface area (Å²) in [5.41, 5.74) is 0.754. The van der Waals surface area contributed by atoms with Crippen LogP contribution in [0.5, 0.6) is 0 Å². The van der Waals surface area contributed by atoms with Gasteiger partial charge in [-0.2, -0.15) is 0 Å². The highest BCUT2D eigenvalue weighted by Crippen LogP contribution is 2.07. The van der Waals surface area contributed by atoms with Crippen molar-refractivity contribution in [3.05, 3.63) is 35.6 Å². The standard InChI is InChI=1S/C13H19FN2/c14-13-6-2-1-5-12(13)11-15-7-10-16-8-3-4-9-16/h1-2,5-6,15H,3-4,7-11H2. The summed E-state index contributed by atoms with van der Waals surface area (Å²) in [7, 11) is 0. The van der Waals surface area contributed by atoms with Crippen LogP contribution in [0.1, 0.15) is 18.4 Å². The molecule has 0 amide bonds. The number of halogens is 1. The molecule has 3 heteroatoms. The SMILES string of the molecule is Fc1ccccc1CNCCN1CCCC1. The molecule has 1 aromatic rings. The van der Waals surface area contributed by atoms with Crippen LogP contribution in [0, 0.1) is 5.82 Å². The van der Waals surface area contributed by atoms with Crippen molar-refractivity contribution < 1.29 is 4.39 Å². The number of likely N-dealkylation sites (tertiary alicyclic amines) is 1. The second-order valence-electron chi connectivity index (χ2n) is 4.32. The van der Waals surface area contributed by atoms with Gasteiger partial charge in [0.25, 0.3) is 0 Å². The van der Waals surface area contributed by atoms with Crippen LogP contribution in [0.3, 0.4) is 0 Å².